The molecule has 2 atom stereocenters. The van der Waals surface area contributed by atoms with Crippen LogP contribution in [0.15, 0.2) is 11.4 Å². The van der Waals surface area contributed by atoms with Crippen LogP contribution in [0, 0.1) is 0 Å². The second-order valence-electron chi connectivity index (χ2n) is 4.90. The summed E-state index contributed by atoms with van der Waals surface area (Å²) in [7, 11) is 0. The zero-order valence-corrected chi connectivity index (χ0v) is 10.7. The van der Waals surface area contributed by atoms with Gasteiger partial charge in [-0.3, -0.25) is 4.79 Å². The fraction of sp³-hybridized carbons (Fsp3) is 0.615. The van der Waals surface area contributed by atoms with Gasteiger partial charge in [0.1, 0.15) is 0 Å². The van der Waals surface area contributed by atoms with Crippen LogP contribution in [0.1, 0.15) is 42.2 Å². The predicted octanol–water partition coefficient (Wildman–Crippen LogP) is 1.99. The number of aryl methyl sites for hydroxylation is 1. The first kappa shape index (κ1) is 11.2. The first-order valence-electron chi connectivity index (χ1n) is 6.44. The topological polar surface area (TPSA) is 41.1 Å². The summed E-state index contributed by atoms with van der Waals surface area (Å²) in [6.45, 7) is 0.979. The number of fused-ring (bicyclic) bond motifs is 1. The molecule has 1 aliphatic carbocycles. The summed E-state index contributed by atoms with van der Waals surface area (Å²) in [6.07, 6.45) is 5.56. The van der Waals surface area contributed by atoms with Crippen molar-refractivity contribution in [3.8, 4) is 0 Å². The number of thiophene rings is 1. The van der Waals surface area contributed by atoms with Crippen LogP contribution in [0.3, 0.4) is 0 Å². The lowest BCUT2D eigenvalue weighted by molar-refractivity contribution is -0.123. The zero-order chi connectivity index (χ0) is 11.7. The predicted molar refractivity (Wildman–Crippen MR) is 69.2 cm³/mol. The van der Waals surface area contributed by atoms with E-state index < -0.39 is 0 Å². The molecule has 1 aromatic rings. The minimum atomic E-state index is 0.0408. The highest BCUT2D eigenvalue weighted by molar-refractivity contribution is 7.10. The van der Waals surface area contributed by atoms with Crippen molar-refractivity contribution in [3.05, 3.63) is 21.9 Å². The van der Waals surface area contributed by atoms with Gasteiger partial charge in [0, 0.05) is 4.88 Å². The van der Waals surface area contributed by atoms with Gasteiger partial charge in [-0.2, -0.15) is 0 Å². The van der Waals surface area contributed by atoms with Crippen molar-refractivity contribution >= 4 is 17.2 Å². The van der Waals surface area contributed by atoms with Crippen LogP contribution in [0.5, 0.6) is 0 Å². The molecule has 1 fully saturated rings. The molecule has 0 aromatic carbocycles. The summed E-state index contributed by atoms with van der Waals surface area (Å²) < 4.78 is 0. The molecule has 4 heteroatoms. The minimum Gasteiger partial charge on any atom is -0.348 e. The second kappa shape index (κ2) is 4.78. The van der Waals surface area contributed by atoms with E-state index in [9.17, 15) is 4.79 Å². The first-order chi connectivity index (χ1) is 8.34. The summed E-state index contributed by atoms with van der Waals surface area (Å²) >= 11 is 1.82. The van der Waals surface area contributed by atoms with E-state index >= 15 is 0 Å². The normalized spacial score (nSPS) is 27.8. The van der Waals surface area contributed by atoms with E-state index in [0.29, 0.717) is 0 Å². The molecule has 92 valence electrons. The fourth-order valence-electron chi connectivity index (χ4n) is 2.82. The second-order valence-corrected chi connectivity index (χ2v) is 5.90. The Morgan fingerprint density at radius 2 is 2.35 bits per heavy atom. The van der Waals surface area contributed by atoms with Crippen molar-refractivity contribution < 1.29 is 4.79 Å². The summed E-state index contributed by atoms with van der Waals surface area (Å²) in [6, 6.07) is 2.46. The smallest absolute Gasteiger partial charge is 0.237 e. The van der Waals surface area contributed by atoms with Gasteiger partial charge in [0.25, 0.3) is 0 Å². The third kappa shape index (κ3) is 2.24. The highest BCUT2D eigenvalue weighted by Crippen LogP contribution is 2.33. The van der Waals surface area contributed by atoms with Crippen LogP contribution >= 0.6 is 11.3 Å². The number of carbonyl (C=O) groups excluding carboxylic acids is 1. The summed E-state index contributed by atoms with van der Waals surface area (Å²) in [5.41, 5.74) is 1.35. The number of hydrogen-bond acceptors (Lipinski definition) is 3. The van der Waals surface area contributed by atoms with Crippen molar-refractivity contribution in [2.24, 2.45) is 0 Å². The number of nitrogens with one attached hydrogen (secondary N) is 2. The molecule has 1 unspecified atom stereocenters. The molecule has 0 saturated carbocycles. The molecule has 2 heterocycles. The van der Waals surface area contributed by atoms with Gasteiger partial charge in [0.2, 0.25) is 5.91 Å². The zero-order valence-electron chi connectivity index (χ0n) is 9.87. The average Bonchev–Trinajstić information content (AvgIpc) is 3.00. The average molecular weight is 250 g/mol. The van der Waals surface area contributed by atoms with Gasteiger partial charge in [-0.1, -0.05) is 0 Å². The summed E-state index contributed by atoms with van der Waals surface area (Å²) in [5.74, 6) is 0.187. The molecule has 3 nitrogen and oxygen atoms in total. The van der Waals surface area contributed by atoms with E-state index in [2.05, 4.69) is 22.1 Å². The van der Waals surface area contributed by atoms with Crippen molar-refractivity contribution in [1.29, 1.82) is 0 Å². The molecule has 0 spiro atoms. The lowest BCUT2D eigenvalue weighted by Crippen LogP contribution is -2.42. The quantitative estimate of drug-likeness (QED) is 0.843. The number of amides is 1. The van der Waals surface area contributed by atoms with E-state index in [-0.39, 0.29) is 18.0 Å². The number of rotatable bonds is 2. The Kier molecular flexibility index (Phi) is 3.16. The van der Waals surface area contributed by atoms with Gasteiger partial charge in [-0.25, -0.2) is 0 Å². The first-order valence-corrected chi connectivity index (χ1v) is 7.32. The number of hydrogen-bond donors (Lipinski definition) is 2. The van der Waals surface area contributed by atoms with E-state index in [1.165, 1.54) is 23.3 Å². The van der Waals surface area contributed by atoms with Crippen molar-refractivity contribution in [3.63, 3.8) is 0 Å². The van der Waals surface area contributed by atoms with Crippen LogP contribution in [0.2, 0.25) is 0 Å². The summed E-state index contributed by atoms with van der Waals surface area (Å²) in [5, 5.41) is 8.60. The SMILES string of the molecule is O=C(NC1CCCc2sccc21)[C@@H]1CCCN1. The Bertz CT molecular complexity index is 409. The molecule has 1 aliphatic heterocycles. The maximum Gasteiger partial charge on any atom is 0.237 e. The molecule has 0 bridgehead atoms. The largest absolute Gasteiger partial charge is 0.348 e. The lowest BCUT2D eigenvalue weighted by Gasteiger charge is -2.25. The van der Waals surface area contributed by atoms with Crippen molar-refractivity contribution in [1.82, 2.24) is 10.6 Å². The Morgan fingerprint density at radius 1 is 1.41 bits per heavy atom. The van der Waals surface area contributed by atoms with Gasteiger partial charge in [0.15, 0.2) is 0 Å². The molecule has 17 heavy (non-hydrogen) atoms. The Balaban J connectivity index is 1.68. The van der Waals surface area contributed by atoms with E-state index in [1.807, 2.05) is 11.3 Å². The molecule has 2 aliphatic rings. The molecule has 1 saturated heterocycles. The molecule has 1 amide bonds. The van der Waals surface area contributed by atoms with Gasteiger partial charge in [-0.05, 0) is 55.7 Å². The van der Waals surface area contributed by atoms with Crippen LogP contribution < -0.4 is 10.6 Å². The number of carbonyl (C=O) groups is 1. The maximum atomic E-state index is 12.1. The fourth-order valence-corrected chi connectivity index (χ4v) is 3.80. The van der Waals surface area contributed by atoms with Crippen LogP contribution in [-0.4, -0.2) is 18.5 Å². The van der Waals surface area contributed by atoms with Gasteiger partial charge in [0.05, 0.1) is 12.1 Å². The van der Waals surface area contributed by atoms with Gasteiger partial charge in [-0.15, -0.1) is 11.3 Å². The highest BCUT2D eigenvalue weighted by Gasteiger charge is 2.27. The van der Waals surface area contributed by atoms with Crippen molar-refractivity contribution in [2.75, 3.05) is 6.54 Å². The van der Waals surface area contributed by atoms with Crippen LogP contribution in [-0.2, 0) is 11.2 Å². The van der Waals surface area contributed by atoms with Crippen LogP contribution in [0.25, 0.3) is 0 Å². The van der Waals surface area contributed by atoms with Crippen LogP contribution in [0.4, 0.5) is 0 Å². The molecular weight excluding hydrogens is 232 g/mol. The highest BCUT2D eigenvalue weighted by atomic mass is 32.1. The molecule has 1 aromatic heterocycles. The van der Waals surface area contributed by atoms with Crippen molar-refractivity contribution in [2.45, 2.75) is 44.2 Å². The minimum absolute atomic E-state index is 0.0408. The Morgan fingerprint density at radius 3 is 3.18 bits per heavy atom. The molecule has 0 radical (unpaired) electrons. The Labute approximate surface area is 106 Å². The third-order valence-corrected chi connectivity index (χ3v) is 4.74. The maximum absolute atomic E-state index is 12.1. The third-order valence-electron chi connectivity index (χ3n) is 3.75. The lowest BCUT2D eigenvalue weighted by atomic mass is 9.94. The molecule has 2 N–H and O–H groups in total. The van der Waals surface area contributed by atoms with E-state index in [1.54, 1.807) is 0 Å². The summed E-state index contributed by atoms with van der Waals surface area (Å²) in [4.78, 5) is 13.5. The van der Waals surface area contributed by atoms with E-state index in [0.717, 1.165) is 25.8 Å². The standard InChI is InChI=1S/C13H18N2OS/c16-13(11-4-2-7-14-11)15-10-3-1-5-12-9(10)6-8-17-12/h6,8,10-11,14H,1-5,7H2,(H,15,16)/t10?,11-/m0/s1. The molecule has 3 rings (SSSR count). The van der Waals surface area contributed by atoms with E-state index in [4.69, 9.17) is 0 Å². The van der Waals surface area contributed by atoms with Gasteiger partial charge >= 0.3 is 0 Å². The molecular formula is C13H18N2OS. The monoisotopic (exact) mass is 250 g/mol. The Hall–Kier alpha value is -0.870. The van der Waals surface area contributed by atoms with Gasteiger partial charge < -0.3 is 10.6 Å².